The fourth-order valence-electron chi connectivity index (χ4n) is 3.63. The Kier molecular flexibility index (Phi) is 3.29. The lowest BCUT2D eigenvalue weighted by Crippen LogP contribution is -2.51. The fraction of sp³-hybridized carbons (Fsp3) is 0.625. The van der Waals surface area contributed by atoms with Crippen molar-refractivity contribution in [3.8, 4) is 0 Å². The molecule has 2 nitrogen and oxygen atoms in total. The monoisotopic (exact) mass is 244 g/mol. The average Bonchev–Trinajstić information content (AvgIpc) is 2.38. The largest absolute Gasteiger partial charge is 0.383 e. The Morgan fingerprint density at radius 3 is 2.89 bits per heavy atom. The van der Waals surface area contributed by atoms with E-state index < -0.39 is 0 Å². The smallest absolute Gasteiger partial charge is 0.0373 e. The number of nitrogens with zero attached hydrogens (tertiary/aromatic N) is 1. The van der Waals surface area contributed by atoms with Crippen LogP contribution in [-0.4, -0.2) is 30.1 Å². The van der Waals surface area contributed by atoms with E-state index in [9.17, 15) is 0 Å². The highest BCUT2D eigenvalue weighted by Crippen LogP contribution is 2.29. The van der Waals surface area contributed by atoms with Gasteiger partial charge in [0.25, 0.3) is 0 Å². The molecule has 2 heterocycles. The second kappa shape index (κ2) is 4.93. The van der Waals surface area contributed by atoms with Crippen LogP contribution in [0.15, 0.2) is 24.3 Å². The van der Waals surface area contributed by atoms with E-state index in [4.69, 9.17) is 0 Å². The predicted molar refractivity (Wildman–Crippen MR) is 77.0 cm³/mol. The van der Waals surface area contributed by atoms with Gasteiger partial charge in [-0.25, -0.2) is 0 Å². The molecule has 0 bridgehead atoms. The van der Waals surface area contributed by atoms with Crippen LogP contribution in [-0.2, 0) is 6.42 Å². The normalized spacial score (nSPS) is 32.7. The van der Waals surface area contributed by atoms with Crippen molar-refractivity contribution in [2.24, 2.45) is 5.92 Å². The highest BCUT2D eigenvalue weighted by atomic mass is 15.2. The van der Waals surface area contributed by atoms with Gasteiger partial charge in [0.2, 0.25) is 0 Å². The van der Waals surface area contributed by atoms with Gasteiger partial charge >= 0.3 is 0 Å². The highest BCUT2D eigenvalue weighted by Gasteiger charge is 2.30. The minimum atomic E-state index is 0.683. The number of hydrogen-bond donors (Lipinski definition) is 1. The summed E-state index contributed by atoms with van der Waals surface area (Å²) < 4.78 is 0. The van der Waals surface area contributed by atoms with Crippen molar-refractivity contribution < 1.29 is 0 Å². The minimum absolute atomic E-state index is 0.683. The van der Waals surface area contributed by atoms with E-state index in [0.29, 0.717) is 6.04 Å². The highest BCUT2D eigenvalue weighted by molar-refractivity contribution is 5.53. The molecule has 0 radical (unpaired) electrons. The number of para-hydroxylation sites is 1. The van der Waals surface area contributed by atoms with Crippen LogP contribution in [0.3, 0.4) is 0 Å². The summed E-state index contributed by atoms with van der Waals surface area (Å²) in [6, 6.07) is 10.2. The number of rotatable bonds is 1. The van der Waals surface area contributed by atoms with Gasteiger partial charge in [-0.3, -0.25) is 4.90 Å². The summed E-state index contributed by atoms with van der Waals surface area (Å²) in [6.45, 7) is 7.17. The van der Waals surface area contributed by atoms with Crippen molar-refractivity contribution in [2.45, 2.75) is 45.2 Å². The number of piperidine rings is 1. The standard InChI is InChI=1S/C16H24N2/c1-12-7-8-18(13(2)9-12)15-10-14-5-3-4-6-16(14)17-11-15/h3-6,12-13,15,17H,7-11H2,1-2H3. The zero-order valence-electron chi connectivity index (χ0n) is 11.5. The van der Waals surface area contributed by atoms with E-state index in [-0.39, 0.29) is 0 Å². The van der Waals surface area contributed by atoms with Gasteiger partial charge in [-0.05, 0) is 50.3 Å². The molecule has 98 valence electrons. The molecule has 1 aromatic rings. The van der Waals surface area contributed by atoms with E-state index in [2.05, 4.69) is 48.3 Å². The summed E-state index contributed by atoms with van der Waals surface area (Å²) in [7, 11) is 0. The van der Waals surface area contributed by atoms with Crippen molar-refractivity contribution in [1.29, 1.82) is 0 Å². The van der Waals surface area contributed by atoms with E-state index in [1.807, 2.05) is 0 Å². The molecule has 0 aromatic heterocycles. The Morgan fingerprint density at radius 2 is 2.06 bits per heavy atom. The van der Waals surface area contributed by atoms with Crippen LogP contribution < -0.4 is 5.32 Å². The van der Waals surface area contributed by atoms with Crippen molar-refractivity contribution in [2.75, 3.05) is 18.4 Å². The molecule has 3 rings (SSSR count). The van der Waals surface area contributed by atoms with Gasteiger partial charge in [0.15, 0.2) is 0 Å². The van der Waals surface area contributed by atoms with Gasteiger partial charge in [-0.15, -0.1) is 0 Å². The van der Waals surface area contributed by atoms with E-state index in [0.717, 1.165) is 18.5 Å². The molecule has 3 unspecified atom stereocenters. The second-order valence-corrected chi connectivity index (χ2v) is 6.11. The van der Waals surface area contributed by atoms with Crippen LogP contribution in [0.1, 0.15) is 32.3 Å². The summed E-state index contributed by atoms with van der Waals surface area (Å²) >= 11 is 0. The van der Waals surface area contributed by atoms with Crippen molar-refractivity contribution in [3.05, 3.63) is 29.8 Å². The maximum Gasteiger partial charge on any atom is 0.0373 e. The SMILES string of the molecule is CC1CCN(C2CNc3ccccc3C2)C(C)C1. The fourth-order valence-corrected chi connectivity index (χ4v) is 3.63. The Bertz CT molecular complexity index is 415. The molecule has 0 saturated carbocycles. The number of nitrogens with one attached hydrogen (secondary N) is 1. The van der Waals surface area contributed by atoms with Crippen molar-refractivity contribution in [3.63, 3.8) is 0 Å². The topological polar surface area (TPSA) is 15.3 Å². The van der Waals surface area contributed by atoms with Crippen LogP contribution in [0.25, 0.3) is 0 Å². The lowest BCUT2D eigenvalue weighted by molar-refractivity contribution is 0.0854. The predicted octanol–water partition coefficient (Wildman–Crippen LogP) is 3.14. The van der Waals surface area contributed by atoms with E-state index in [1.54, 1.807) is 0 Å². The van der Waals surface area contributed by atoms with Crippen LogP contribution in [0.5, 0.6) is 0 Å². The minimum Gasteiger partial charge on any atom is -0.383 e. The van der Waals surface area contributed by atoms with Gasteiger partial charge in [0.05, 0.1) is 0 Å². The van der Waals surface area contributed by atoms with Crippen LogP contribution in [0.4, 0.5) is 5.69 Å². The molecule has 0 spiro atoms. The quantitative estimate of drug-likeness (QED) is 0.816. The van der Waals surface area contributed by atoms with Crippen LogP contribution in [0.2, 0.25) is 0 Å². The Hall–Kier alpha value is -1.02. The van der Waals surface area contributed by atoms with E-state index in [1.165, 1.54) is 37.1 Å². The molecule has 3 atom stereocenters. The van der Waals surface area contributed by atoms with E-state index >= 15 is 0 Å². The zero-order chi connectivity index (χ0) is 12.5. The number of fused-ring (bicyclic) bond motifs is 1. The van der Waals surface area contributed by atoms with Gasteiger partial charge in [0, 0.05) is 24.3 Å². The molecular formula is C16H24N2. The first-order valence-electron chi connectivity index (χ1n) is 7.31. The molecule has 18 heavy (non-hydrogen) atoms. The Morgan fingerprint density at radius 1 is 1.22 bits per heavy atom. The van der Waals surface area contributed by atoms with Crippen molar-refractivity contribution >= 4 is 5.69 Å². The molecule has 2 heteroatoms. The number of hydrogen-bond acceptors (Lipinski definition) is 2. The first kappa shape index (κ1) is 12.0. The average molecular weight is 244 g/mol. The first-order chi connectivity index (χ1) is 8.74. The molecule has 1 aromatic carbocycles. The van der Waals surface area contributed by atoms with Gasteiger partial charge < -0.3 is 5.32 Å². The molecule has 0 amide bonds. The molecule has 0 aliphatic carbocycles. The maximum atomic E-state index is 3.60. The number of likely N-dealkylation sites (tertiary alicyclic amines) is 1. The Labute approximate surface area is 110 Å². The number of anilines is 1. The molecular weight excluding hydrogens is 220 g/mol. The third-order valence-corrected chi connectivity index (χ3v) is 4.66. The summed E-state index contributed by atoms with van der Waals surface area (Å²) in [5.74, 6) is 0.903. The summed E-state index contributed by atoms with van der Waals surface area (Å²) in [4.78, 5) is 2.73. The third kappa shape index (κ3) is 2.26. The summed E-state index contributed by atoms with van der Waals surface area (Å²) in [5.41, 5.74) is 2.83. The summed E-state index contributed by atoms with van der Waals surface area (Å²) in [6.07, 6.45) is 3.93. The van der Waals surface area contributed by atoms with Gasteiger partial charge in [-0.1, -0.05) is 25.1 Å². The summed E-state index contributed by atoms with van der Waals surface area (Å²) in [5, 5.41) is 3.60. The molecule has 2 aliphatic rings. The third-order valence-electron chi connectivity index (χ3n) is 4.66. The lowest BCUT2D eigenvalue weighted by atomic mass is 9.89. The Balaban J connectivity index is 1.72. The molecule has 1 fully saturated rings. The molecule has 1 saturated heterocycles. The van der Waals surface area contributed by atoms with Crippen LogP contribution in [0, 0.1) is 5.92 Å². The maximum absolute atomic E-state index is 3.60. The lowest BCUT2D eigenvalue weighted by Gasteiger charge is -2.43. The first-order valence-corrected chi connectivity index (χ1v) is 7.31. The van der Waals surface area contributed by atoms with Crippen LogP contribution >= 0.6 is 0 Å². The molecule has 1 N–H and O–H groups in total. The van der Waals surface area contributed by atoms with Crippen molar-refractivity contribution in [1.82, 2.24) is 4.90 Å². The van der Waals surface area contributed by atoms with Gasteiger partial charge in [-0.2, -0.15) is 0 Å². The second-order valence-electron chi connectivity index (χ2n) is 6.11. The number of benzene rings is 1. The zero-order valence-corrected chi connectivity index (χ0v) is 11.5. The van der Waals surface area contributed by atoms with Gasteiger partial charge in [0.1, 0.15) is 0 Å². The molecule has 2 aliphatic heterocycles.